The molecule has 1 saturated heterocycles. The number of unbranched alkanes of at least 4 members (excludes halogenated alkanes) is 3. The van der Waals surface area contributed by atoms with E-state index in [-0.39, 0.29) is 0 Å². The van der Waals surface area contributed by atoms with Gasteiger partial charge in [-0.3, -0.25) is 0 Å². The van der Waals surface area contributed by atoms with Gasteiger partial charge in [0, 0.05) is 6.54 Å². The molecule has 12 heavy (non-hydrogen) atoms. The van der Waals surface area contributed by atoms with Crippen LogP contribution in [0, 0.1) is 0 Å². The SMILES string of the molecule is CCCCCC=C1CCCNC1. The topological polar surface area (TPSA) is 12.0 Å². The van der Waals surface area contributed by atoms with E-state index in [0.29, 0.717) is 0 Å². The summed E-state index contributed by atoms with van der Waals surface area (Å²) in [5.74, 6) is 0. The zero-order valence-corrected chi connectivity index (χ0v) is 8.23. The number of piperidine rings is 1. The first-order valence-corrected chi connectivity index (χ1v) is 5.32. The Kier molecular flexibility index (Phi) is 5.09. The maximum atomic E-state index is 3.41. The average Bonchev–Trinajstić information content (AvgIpc) is 2.14. The van der Waals surface area contributed by atoms with Crippen LogP contribution in [-0.2, 0) is 0 Å². The van der Waals surface area contributed by atoms with Crippen LogP contribution in [0.1, 0.15) is 45.4 Å². The van der Waals surface area contributed by atoms with Gasteiger partial charge >= 0.3 is 0 Å². The Morgan fingerprint density at radius 1 is 1.42 bits per heavy atom. The third-order valence-corrected chi connectivity index (χ3v) is 2.44. The van der Waals surface area contributed by atoms with E-state index in [9.17, 15) is 0 Å². The van der Waals surface area contributed by atoms with Crippen LogP contribution in [0.2, 0.25) is 0 Å². The summed E-state index contributed by atoms with van der Waals surface area (Å²) in [6.45, 7) is 4.62. The van der Waals surface area contributed by atoms with E-state index >= 15 is 0 Å². The summed E-state index contributed by atoms with van der Waals surface area (Å²) >= 11 is 0. The van der Waals surface area contributed by atoms with Gasteiger partial charge in [0.15, 0.2) is 0 Å². The molecule has 0 aromatic carbocycles. The van der Waals surface area contributed by atoms with Crippen LogP contribution >= 0.6 is 0 Å². The Hall–Kier alpha value is -0.300. The largest absolute Gasteiger partial charge is 0.313 e. The highest BCUT2D eigenvalue weighted by Gasteiger charge is 2.02. The lowest BCUT2D eigenvalue weighted by Crippen LogP contribution is -2.23. The summed E-state index contributed by atoms with van der Waals surface area (Å²) in [5.41, 5.74) is 1.64. The van der Waals surface area contributed by atoms with Gasteiger partial charge in [-0.1, -0.05) is 31.4 Å². The van der Waals surface area contributed by atoms with Crippen molar-refractivity contribution in [3.63, 3.8) is 0 Å². The Balaban J connectivity index is 2.08. The van der Waals surface area contributed by atoms with Crippen molar-refractivity contribution in [1.29, 1.82) is 0 Å². The summed E-state index contributed by atoms with van der Waals surface area (Å²) in [7, 11) is 0. The van der Waals surface area contributed by atoms with Gasteiger partial charge in [0.1, 0.15) is 0 Å². The van der Waals surface area contributed by atoms with Crippen molar-refractivity contribution in [1.82, 2.24) is 5.32 Å². The molecule has 1 heterocycles. The second-order valence-corrected chi connectivity index (χ2v) is 3.64. The van der Waals surface area contributed by atoms with Crippen LogP contribution in [0.3, 0.4) is 0 Å². The maximum Gasteiger partial charge on any atom is 0.0164 e. The molecule has 1 N–H and O–H groups in total. The first-order chi connectivity index (χ1) is 5.93. The maximum absolute atomic E-state index is 3.41. The fourth-order valence-corrected chi connectivity index (χ4v) is 1.65. The lowest BCUT2D eigenvalue weighted by atomic mass is 10.0. The summed E-state index contributed by atoms with van der Waals surface area (Å²) < 4.78 is 0. The molecule has 0 spiro atoms. The molecule has 1 rings (SSSR count). The second-order valence-electron chi connectivity index (χ2n) is 3.64. The van der Waals surface area contributed by atoms with Gasteiger partial charge < -0.3 is 5.32 Å². The highest BCUT2D eigenvalue weighted by Crippen LogP contribution is 2.10. The molecule has 0 aromatic heterocycles. The van der Waals surface area contributed by atoms with Crippen LogP contribution in [0.5, 0.6) is 0 Å². The van der Waals surface area contributed by atoms with E-state index in [1.807, 2.05) is 0 Å². The molecule has 0 amide bonds. The van der Waals surface area contributed by atoms with Crippen molar-refractivity contribution in [3.05, 3.63) is 11.6 Å². The Labute approximate surface area is 76.2 Å². The van der Waals surface area contributed by atoms with Gasteiger partial charge in [0.25, 0.3) is 0 Å². The third kappa shape index (κ3) is 3.91. The number of rotatable bonds is 4. The molecule has 1 fully saturated rings. The van der Waals surface area contributed by atoms with Crippen molar-refractivity contribution in [2.24, 2.45) is 0 Å². The average molecular weight is 167 g/mol. The number of hydrogen-bond acceptors (Lipinski definition) is 1. The predicted molar refractivity (Wildman–Crippen MR) is 54.3 cm³/mol. The molecule has 0 bridgehead atoms. The molecule has 0 unspecified atom stereocenters. The van der Waals surface area contributed by atoms with Crippen molar-refractivity contribution in [3.8, 4) is 0 Å². The molecule has 0 atom stereocenters. The fraction of sp³-hybridized carbons (Fsp3) is 0.818. The first kappa shape index (κ1) is 9.79. The van der Waals surface area contributed by atoms with Crippen LogP contribution in [-0.4, -0.2) is 13.1 Å². The molecule has 0 aliphatic carbocycles. The van der Waals surface area contributed by atoms with Gasteiger partial charge in [-0.25, -0.2) is 0 Å². The zero-order chi connectivity index (χ0) is 8.65. The summed E-state index contributed by atoms with van der Waals surface area (Å²) in [6, 6.07) is 0. The monoisotopic (exact) mass is 167 g/mol. The molecule has 0 radical (unpaired) electrons. The summed E-state index contributed by atoms with van der Waals surface area (Å²) in [4.78, 5) is 0. The minimum Gasteiger partial charge on any atom is -0.313 e. The normalized spacial score (nSPS) is 21.6. The van der Waals surface area contributed by atoms with Crippen LogP contribution in [0.4, 0.5) is 0 Å². The van der Waals surface area contributed by atoms with Crippen LogP contribution in [0.15, 0.2) is 11.6 Å². The summed E-state index contributed by atoms with van der Waals surface area (Å²) in [6.07, 6.45) is 10.5. The lowest BCUT2D eigenvalue weighted by molar-refractivity contribution is 0.604. The molecule has 0 aromatic rings. The van der Waals surface area contributed by atoms with Gasteiger partial charge in [0.2, 0.25) is 0 Å². The van der Waals surface area contributed by atoms with Crippen molar-refractivity contribution in [2.75, 3.05) is 13.1 Å². The van der Waals surface area contributed by atoms with Crippen molar-refractivity contribution < 1.29 is 0 Å². The fourth-order valence-electron chi connectivity index (χ4n) is 1.65. The number of hydrogen-bond donors (Lipinski definition) is 1. The molecule has 1 nitrogen and oxygen atoms in total. The number of nitrogens with one attached hydrogen (secondary N) is 1. The molecule has 70 valence electrons. The second kappa shape index (κ2) is 6.24. The van der Waals surface area contributed by atoms with E-state index in [0.717, 1.165) is 6.54 Å². The predicted octanol–water partition coefficient (Wildman–Crippen LogP) is 2.88. The number of allylic oxidation sites excluding steroid dienone is 1. The Bertz CT molecular complexity index is 130. The molecule has 1 aliphatic heterocycles. The standard InChI is InChI=1S/C11H21N/c1-2-3-4-5-7-11-8-6-9-12-10-11/h7,12H,2-6,8-10H2,1H3. The molecule has 1 aliphatic rings. The third-order valence-electron chi connectivity index (χ3n) is 2.44. The molecular weight excluding hydrogens is 146 g/mol. The van der Waals surface area contributed by atoms with E-state index in [4.69, 9.17) is 0 Å². The quantitative estimate of drug-likeness (QED) is 0.501. The van der Waals surface area contributed by atoms with Crippen LogP contribution in [0.25, 0.3) is 0 Å². The van der Waals surface area contributed by atoms with Gasteiger partial charge in [-0.05, 0) is 32.2 Å². The highest BCUT2D eigenvalue weighted by molar-refractivity contribution is 5.06. The minimum atomic E-state index is 1.14. The summed E-state index contributed by atoms with van der Waals surface area (Å²) in [5, 5.41) is 3.41. The van der Waals surface area contributed by atoms with E-state index in [1.54, 1.807) is 5.57 Å². The Morgan fingerprint density at radius 3 is 3.00 bits per heavy atom. The van der Waals surface area contributed by atoms with Gasteiger partial charge in [-0.15, -0.1) is 0 Å². The lowest BCUT2D eigenvalue weighted by Gasteiger charge is -2.15. The molecule has 0 saturated carbocycles. The van der Waals surface area contributed by atoms with E-state index in [1.165, 1.54) is 45.1 Å². The minimum absolute atomic E-state index is 1.14. The Morgan fingerprint density at radius 2 is 2.33 bits per heavy atom. The molecular formula is C11H21N. The zero-order valence-electron chi connectivity index (χ0n) is 8.23. The van der Waals surface area contributed by atoms with E-state index < -0.39 is 0 Å². The van der Waals surface area contributed by atoms with E-state index in [2.05, 4.69) is 18.3 Å². The molecule has 1 heteroatoms. The van der Waals surface area contributed by atoms with Crippen LogP contribution < -0.4 is 5.32 Å². The first-order valence-electron chi connectivity index (χ1n) is 5.32. The van der Waals surface area contributed by atoms with Crippen molar-refractivity contribution in [2.45, 2.75) is 45.4 Å². The van der Waals surface area contributed by atoms with Gasteiger partial charge in [-0.2, -0.15) is 0 Å². The smallest absolute Gasteiger partial charge is 0.0164 e. The van der Waals surface area contributed by atoms with Gasteiger partial charge in [0.05, 0.1) is 0 Å². The van der Waals surface area contributed by atoms with Crippen molar-refractivity contribution >= 4 is 0 Å². The highest BCUT2D eigenvalue weighted by atomic mass is 14.9.